The van der Waals surface area contributed by atoms with Crippen LogP contribution in [0.25, 0.3) is 0 Å². The Hall–Kier alpha value is -1.35. The highest BCUT2D eigenvalue weighted by atomic mass is 79.9. The number of rotatable bonds is 5. The molecule has 0 aliphatic carbocycles. The van der Waals surface area contributed by atoms with Crippen molar-refractivity contribution in [2.45, 2.75) is 0 Å². The number of carbonyl (C=O) groups is 1. The summed E-state index contributed by atoms with van der Waals surface area (Å²) in [6, 6.07) is 8.32. The van der Waals surface area contributed by atoms with Gasteiger partial charge in [-0.15, -0.1) is 0 Å². The second-order valence-corrected chi connectivity index (χ2v) is 8.70. The van der Waals surface area contributed by atoms with Crippen molar-refractivity contribution in [1.29, 1.82) is 0 Å². The number of hydrogen-bond acceptors (Lipinski definition) is 3. The van der Waals surface area contributed by atoms with Gasteiger partial charge in [-0.25, -0.2) is 12.8 Å². The SMILES string of the molecule is CS(=O)(=O)N(CC(=O)Nc1ccc(Br)cc1F)c1cc(Cl)ccc1Cl. The van der Waals surface area contributed by atoms with E-state index in [0.717, 1.165) is 10.6 Å². The molecule has 0 atom stereocenters. The van der Waals surface area contributed by atoms with Gasteiger partial charge in [0.25, 0.3) is 0 Å². The molecule has 0 aliphatic rings. The first-order valence-electron chi connectivity index (χ1n) is 6.75. The Kier molecular flexibility index (Phi) is 6.31. The van der Waals surface area contributed by atoms with Crippen LogP contribution in [0.3, 0.4) is 0 Å². The van der Waals surface area contributed by atoms with E-state index in [2.05, 4.69) is 21.2 Å². The third-order valence-electron chi connectivity index (χ3n) is 3.07. The molecule has 10 heteroatoms. The largest absolute Gasteiger partial charge is 0.322 e. The summed E-state index contributed by atoms with van der Waals surface area (Å²) in [7, 11) is -3.83. The predicted molar refractivity (Wildman–Crippen MR) is 101 cm³/mol. The maximum absolute atomic E-state index is 13.8. The van der Waals surface area contributed by atoms with E-state index in [1.807, 2.05) is 0 Å². The van der Waals surface area contributed by atoms with E-state index in [4.69, 9.17) is 23.2 Å². The Balaban J connectivity index is 2.28. The molecular formula is C15H12BrCl2FN2O3S. The molecule has 1 N–H and O–H groups in total. The summed E-state index contributed by atoms with van der Waals surface area (Å²) < 4.78 is 39.2. The van der Waals surface area contributed by atoms with Gasteiger partial charge in [-0.2, -0.15) is 0 Å². The monoisotopic (exact) mass is 468 g/mol. The van der Waals surface area contributed by atoms with E-state index >= 15 is 0 Å². The molecule has 0 heterocycles. The summed E-state index contributed by atoms with van der Waals surface area (Å²) in [6.45, 7) is -0.589. The minimum absolute atomic E-state index is 0.0584. The number of carbonyl (C=O) groups excluding carboxylic acids is 1. The molecule has 134 valence electrons. The Labute approximate surface area is 162 Å². The first kappa shape index (κ1) is 20.0. The second kappa shape index (κ2) is 7.90. The lowest BCUT2D eigenvalue weighted by atomic mass is 10.3. The van der Waals surface area contributed by atoms with Crippen molar-refractivity contribution in [3.63, 3.8) is 0 Å². The molecule has 2 aromatic carbocycles. The highest BCUT2D eigenvalue weighted by molar-refractivity contribution is 9.10. The number of amides is 1. The van der Waals surface area contributed by atoms with E-state index in [1.54, 1.807) is 6.07 Å². The van der Waals surface area contributed by atoms with Crippen LogP contribution in [0.1, 0.15) is 0 Å². The van der Waals surface area contributed by atoms with E-state index in [0.29, 0.717) is 4.47 Å². The molecule has 0 bridgehead atoms. The molecule has 0 saturated carbocycles. The summed E-state index contributed by atoms with van der Waals surface area (Å²) >= 11 is 15.0. The highest BCUT2D eigenvalue weighted by Gasteiger charge is 2.23. The molecule has 0 aliphatic heterocycles. The summed E-state index contributed by atoms with van der Waals surface area (Å²) in [5, 5.41) is 2.69. The zero-order chi connectivity index (χ0) is 18.8. The molecule has 0 radical (unpaired) electrons. The Morgan fingerprint density at radius 3 is 2.52 bits per heavy atom. The van der Waals surface area contributed by atoms with E-state index in [1.165, 1.54) is 30.3 Å². The average Bonchev–Trinajstić information content (AvgIpc) is 2.49. The summed E-state index contributed by atoms with van der Waals surface area (Å²) in [4.78, 5) is 12.2. The lowest BCUT2D eigenvalue weighted by Crippen LogP contribution is -2.37. The highest BCUT2D eigenvalue weighted by Crippen LogP contribution is 2.30. The lowest BCUT2D eigenvalue weighted by molar-refractivity contribution is -0.114. The molecule has 5 nitrogen and oxygen atoms in total. The zero-order valence-corrected chi connectivity index (χ0v) is 16.7. The van der Waals surface area contributed by atoms with Crippen LogP contribution in [0.2, 0.25) is 10.0 Å². The van der Waals surface area contributed by atoms with Crippen molar-refractivity contribution >= 4 is 66.4 Å². The van der Waals surface area contributed by atoms with Crippen LogP contribution in [0.5, 0.6) is 0 Å². The lowest BCUT2D eigenvalue weighted by Gasteiger charge is -2.23. The smallest absolute Gasteiger partial charge is 0.245 e. The molecule has 2 rings (SSSR count). The Morgan fingerprint density at radius 1 is 1.24 bits per heavy atom. The number of sulfonamides is 1. The van der Waals surface area contributed by atoms with Crippen LogP contribution in [-0.2, 0) is 14.8 Å². The van der Waals surface area contributed by atoms with E-state index < -0.39 is 28.3 Å². The maximum atomic E-state index is 13.8. The number of anilines is 2. The van der Waals surface area contributed by atoms with Gasteiger partial charge in [0.15, 0.2) is 0 Å². The van der Waals surface area contributed by atoms with Gasteiger partial charge in [0.2, 0.25) is 15.9 Å². The van der Waals surface area contributed by atoms with Crippen LogP contribution in [-0.4, -0.2) is 27.1 Å². The number of nitrogens with zero attached hydrogens (tertiary/aromatic N) is 1. The molecular weight excluding hydrogens is 458 g/mol. The molecule has 0 spiro atoms. The minimum atomic E-state index is -3.83. The van der Waals surface area contributed by atoms with Gasteiger partial charge in [-0.05, 0) is 36.4 Å². The Bertz CT molecular complexity index is 925. The van der Waals surface area contributed by atoms with Gasteiger partial charge in [-0.3, -0.25) is 9.10 Å². The fourth-order valence-corrected chi connectivity index (χ4v) is 3.60. The summed E-state index contributed by atoms with van der Waals surface area (Å²) in [5.41, 5.74) is -0.0121. The predicted octanol–water partition coefficient (Wildman–Crippen LogP) is 4.30. The quantitative estimate of drug-likeness (QED) is 0.709. The van der Waals surface area contributed by atoms with Crippen LogP contribution >= 0.6 is 39.1 Å². The van der Waals surface area contributed by atoms with E-state index in [9.17, 15) is 17.6 Å². The van der Waals surface area contributed by atoms with Gasteiger partial charge in [0.05, 0.1) is 22.7 Å². The summed E-state index contributed by atoms with van der Waals surface area (Å²) in [5.74, 6) is -1.39. The molecule has 0 saturated heterocycles. The first-order chi connectivity index (χ1) is 11.6. The number of benzene rings is 2. The van der Waals surface area contributed by atoms with Crippen molar-refractivity contribution in [3.05, 3.63) is 56.7 Å². The molecule has 0 fully saturated rings. The van der Waals surface area contributed by atoms with Crippen LogP contribution in [0, 0.1) is 5.82 Å². The summed E-state index contributed by atoms with van der Waals surface area (Å²) in [6.07, 6.45) is 0.928. The molecule has 2 aromatic rings. The number of nitrogens with one attached hydrogen (secondary N) is 1. The average molecular weight is 470 g/mol. The molecule has 25 heavy (non-hydrogen) atoms. The van der Waals surface area contributed by atoms with Gasteiger partial charge in [0.1, 0.15) is 12.4 Å². The zero-order valence-electron chi connectivity index (χ0n) is 12.8. The van der Waals surface area contributed by atoms with Gasteiger partial charge < -0.3 is 5.32 Å². The first-order valence-corrected chi connectivity index (χ1v) is 10.2. The van der Waals surface area contributed by atoms with E-state index in [-0.39, 0.29) is 21.4 Å². The van der Waals surface area contributed by atoms with Crippen molar-refractivity contribution in [1.82, 2.24) is 0 Å². The maximum Gasteiger partial charge on any atom is 0.245 e. The van der Waals surface area contributed by atoms with Crippen LogP contribution in [0.4, 0.5) is 15.8 Å². The van der Waals surface area contributed by atoms with Gasteiger partial charge >= 0.3 is 0 Å². The third-order valence-corrected chi connectivity index (χ3v) is 5.24. The van der Waals surface area contributed by atoms with Crippen molar-refractivity contribution in [3.8, 4) is 0 Å². The normalized spacial score (nSPS) is 11.2. The molecule has 0 aromatic heterocycles. The standard InChI is InChI=1S/C15H12BrCl2FN2O3S/c1-25(23,24)21(14-7-10(17)3-4-11(14)18)8-15(22)20-13-5-2-9(16)6-12(13)19/h2-7H,8H2,1H3,(H,20,22). The van der Waals surface area contributed by atoms with Crippen molar-refractivity contribution in [2.75, 3.05) is 22.4 Å². The molecule has 0 unspecified atom stereocenters. The van der Waals surface area contributed by atoms with Gasteiger partial charge in [-0.1, -0.05) is 39.1 Å². The van der Waals surface area contributed by atoms with Crippen LogP contribution in [0.15, 0.2) is 40.9 Å². The van der Waals surface area contributed by atoms with Crippen LogP contribution < -0.4 is 9.62 Å². The second-order valence-electron chi connectivity index (χ2n) is 5.04. The third kappa shape index (κ3) is 5.31. The number of halogens is 4. The number of hydrogen-bond donors (Lipinski definition) is 1. The molecule has 1 amide bonds. The fraction of sp³-hybridized carbons (Fsp3) is 0.133. The Morgan fingerprint density at radius 2 is 1.92 bits per heavy atom. The van der Waals surface area contributed by atoms with Gasteiger partial charge in [0, 0.05) is 9.50 Å². The fourth-order valence-electron chi connectivity index (χ4n) is 1.97. The van der Waals surface area contributed by atoms with Crippen molar-refractivity contribution < 1.29 is 17.6 Å². The minimum Gasteiger partial charge on any atom is -0.322 e. The van der Waals surface area contributed by atoms with Crippen molar-refractivity contribution in [2.24, 2.45) is 0 Å². The topological polar surface area (TPSA) is 66.5 Å².